The summed E-state index contributed by atoms with van der Waals surface area (Å²) < 4.78 is -0.121. The lowest BCUT2D eigenvalue weighted by Crippen LogP contribution is -2.39. The van der Waals surface area contributed by atoms with Gasteiger partial charge in [-0.3, -0.25) is 4.79 Å². The van der Waals surface area contributed by atoms with Crippen LogP contribution >= 0.6 is 11.8 Å². The van der Waals surface area contributed by atoms with Crippen molar-refractivity contribution in [2.75, 3.05) is 0 Å². The van der Waals surface area contributed by atoms with Crippen LogP contribution in [0.25, 0.3) is 0 Å². The Hall–Kier alpha value is -0.180. The molecule has 1 N–H and O–H groups in total. The van der Waals surface area contributed by atoms with Crippen molar-refractivity contribution in [1.82, 2.24) is 5.32 Å². The first-order valence-corrected chi connectivity index (χ1v) is 6.51. The maximum atomic E-state index is 12.0. The second kappa shape index (κ2) is 3.44. The van der Waals surface area contributed by atoms with Crippen molar-refractivity contribution >= 4 is 17.7 Å². The van der Waals surface area contributed by atoms with E-state index in [1.807, 2.05) is 11.8 Å². The van der Waals surface area contributed by atoms with Gasteiger partial charge in [-0.05, 0) is 25.7 Å². The number of hydrogen-bond donors (Lipinski definition) is 1. The molecule has 0 bridgehead atoms. The SMILES string of the molecule is CCC1(CC)SC2(CCCC2)NC1=O. The van der Waals surface area contributed by atoms with Crippen molar-refractivity contribution in [3.8, 4) is 0 Å². The lowest BCUT2D eigenvalue weighted by atomic mass is 10.0. The normalized spacial score (nSPS) is 28.3. The van der Waals surface area contributed by atoms with E-state index in [4.69, 9.17) is 0 Å². The molecule has 0 atom stereocenters. The number of thioether (sulfide) groups is 1. The third-order valence-electron chi connectivity index (χ3n) is 3.70. The fourth-order valence-electron chi connectivity index (χ4n) is 2.66. The standard InChI is InChI=1S/C11H19NOS/c1-3-10(4-2)9(13)12-11(14-10)7-5-6-8-11/h3-8H2,1-2H3,(H,12,13). The summed E-state index contributed by atoms with van der Waals surface area (Å²) in [6.07, 6.45) is 6.81. The molecule has 1 spiro atoms. The van der Waals surface area contributed by atoms with Crippen LogP contribution in [-0.2, 0) is 4.79 Å². The highest BCUT2D eigenvalue weighted by Crippen LogP contribution is 2.52. The molecule has 0 unspecified atom stereocenters. The predicted molar refractivity (Wildman–Crippen MR) is 60.2 cm³/mol. The quantitative estimate of drug-likeness (QED) is 0.764. The summed E-state index contributed by atoms with van der Waals surface area (Å²) in [4.78, 5) is 12.1. The van der Waals surface area contributed by atoms with Crippen molar-refractivity contribution in [3.63, 3.8) is 0 Å². The first-order chi connectivity index (χ1) is 6.66. The van der Waals surface area contributed by atoms with Gasteiger partial charge in [0, 0.05) is 0 Å². The van der Waals surface area contributed by atoms with Gasteiger partial charge < -0.3 is 5.32 Å². The summed E-state index contributed by atoms with van der Waals surface area (Å²) in [5, 5.41) is 3.25. The van der Waals surface area contributed by atoms with Gasteiger partial charge in [-0.1, -0.05) is 26.7 Å². The van der Waals surface area contributed by atoms with Crippen LogP contribution in [0.5, 0.6) is 0 Å². The maximum absolute atomic E-state index is 12.0. The molecule has 1 heterocycles. The highest BCUT2D eigenvalue weighted by molar-refractivity contribution is 8.03. The van der Waals surface area contributed by atoms with Crippen LogP contribution in [0.1, 0.15) is 52.4 Å². The first kappa shape index (κ1) is 10.3. The van der Waals surface area contributed by atoms with E-state index in [-0.39, 0.29) is 15.5 Å². The minimum absolute atomic E-state index is 0.114. The molecule has 1 saturated heterocycles. The van der Waals surface area contributed by atoms with E-state index in [0.717, 1.165) is 12.8 Å². The van der Waals surface area contributed by atoms with Crippen molar-refractivity contribution in [1.29, 1.82) is 0 Å². The molecule has 2 nitrogen and oxygen atoms in total. The molecule has 1 aliphatic heterocycles. The molecule has 2 rings (SSSR count). The Morgan fingerprint density at radius 2 is 1.86 bits per heavy atom. The van der Waals surface area contributed by atoms with Crippen LogP contribution in [0, 0.1) is 0 Å². The van der Waals surface area contributed by atoms with Gasteiger partial charge in [0.15, 0.2) is 0 Å². The van der Waals surface area contributed by atoms with Crippen molar-refractivity contribution in [3.05, 3.63) is 0 Å². The molecule has 2 fully saturated rings. The summed E-state index contributed by atoms with van der Waals surface area (Å²) in [6, 6.07) is 0. The minimum Gasteiger partial charge on any atom is -0.340 e. The van der Waals surface area contributed by atoms with E-state index in [0.29, 0.717) is 0 Å². The lowest BCUT2D eigenvalue weighted by molar-refractivity contribution is -0.123. The molecular weight excluding hydrogens is 194 g/mol. The number of hydrogen-bond acceptors (Lipinski definition) is 2. The Labute approximate surface area is 90.2 Å². The largest absolute Gasteiger partial charge is 0.340 e. The van der Waals surface area contributed by atoms with Gasteiger partial charge >= 0.3 is 0 Å². The van der Waals surface area contributed by atoms with Crippen LogP contribution in [0.3, 0.4) is 0 Å². The fourth-order valence-corrected chi connectivity index (χ4v) is 4.47. The molecule has 1 amide bonds. The van der Waals surface area contributed by atoms with E-state index in [1.165, 1.54) is 25.7 Å². The molecular formula is C11H19NOS. The van der Waals surface area contributed by atoms with Crippen molar-refractivity contribution in [2.24, 2.45) is 0 Å². The molecule has 0 radical (unpaired) electrons. The van der Waals surface area contributed by atoms with Gasteiger partial charge in [-0.2, -0.15) is 0 Å². The molecule has 0 aromatic rings. The fraction of sp³-hybridized carbons (Fsp3) is 0.909. The van der Waals surface area contributed by atoms with Crippen LogP contribution in [0.15, 0.2) is 0 Å². The smallest absolute Gasteiger partial charge is 0.237 e. The van der Waals surface area contributed by atoms with Gasteiger partial charge in [-0.25, -0.2) is 0 Å². The molecule has 14 heavy (non-hydrogen) atoms. The zero-order valence-electron chi connectivity index (χ0n) is 9.06. The summed E-state index contributed by atoms with van der Waals surface area (Å²) in [5.41, 5.74) is 0. The number of rotatable bonds is 2. The molecule has 0 aromatic carbocycles. The van der Waals surface area contributed by atoms with Gasteiger partial charge in [0.2, 0.25) is 5.91 Å². The van der Waals surface area contributed by atoms with E-state index in [9.17, 15) is 4.79 Å². The Morgan fingerprint density at radius 3 is 2.29 bits per heavy atom. The van der Waals surface area contributed by atoms with E-state index >= 15 is 0 Å². The monoisotopic (exact) mass is 213 g/mol. The topological polar surface area (TPSA) is 29.1 Å². The number of carbonyl (C=O) groups is 1. The third-order valence-corrected chi connectivity index (χ3v) is 5.75. The number of carbonyl (C=O) groups excluding carboxylic acids is 1. The molecule has 0 aromatic heterocycles. The molecule has 3 heteroatoms. The Kier molecular flexibility index (Phi) is 2.54. The minimum atomic E-state index is -0.121. The van der Waals surface area contributed by atoms with E-state index in [2.05, 4.69) is 19.2 Å². The Bertz CT molecular complexity index is 242. The molecule has 1 aliphatic carbocycles. The Balaban J connectivity index is 2.20. The molecule has 80 valence electrons. The summed E-state index contributed by atoms with van der Waals surface area (Å²) in [5.74, 6) is 0.286. The van der Waals surface area contributed by atoms with Gasteiger partial charge in [0.1, 0.15) is 0 Å². The summed E-state index contributed by atoms with van der Waals surface area (Å²) in [7, 11) is 0. The first-order valence-electron chi connectivity index (χ1n) is 5.69. The van der Waals surface area contributed by atoms with Crippen LogP contribution in [0.4, 0.5) is 0 Å². The van der Waals surface area contributed by atoms with E-state index in [1.54, 1.807) is 0 Å². The second-order valence-electron chi connectivity index (χ2n) is 4.46. The third kappa shape index (κ3) is 1.37. The van der Waals surface area contributed by atoms with Crippen molar-refractivity contribution < 1.29 is 4.79 Å². The van der Waals surface area contributed by atoms with Crippen LogP contribution in [-0.4, -0.2) is 15.5 Å². The molecule has 1 saturated carbocycles. The Morgan fingerprint density at radius 1 is 1.29 bits per heavy atom. The summed E-state index contributed by atoms with van der Waals surface area (Å²) in [6.45, 7) is 4.26. The van der Waals surface area contributed by atoms with E-state index < -0.39 is 0 Å². The predicted octanol–water partition coefficient (Wildman–Crippen LogP) is 2.68. The zero-order chi connectivity index (χ0) is 10.2. The maximum Gasteiger partial charge on any atom is 0.237 e. The average Bonchev–Trinajstić information content (AvgIpc) is 2.73. The average molecular weight is 213 g/mol. The second-order valence-corrected chi connectivity index (χ2v) is 6.23. The van der Waals surface area contributed by atoms with Crippen LogP contribution < -0.4 is 5.32 Å². The number of nitrogens with one attached hydrogen (secondary N) is 1. The number of amides is 1. The highest BCUT2D eigenvalue weighted by atomic mass is 32.2. The lowest BCUT2D eigenvalue weighted by Gasteiger charge is -2.25. The van der Waals surface area contributed by atoms with Crippen molar-refractivity contribution in [2.45, 2.75) is 62.0 Å². The summed E-state index contributed by atoms with van der Waals surface area (Å²) >= 11 is 1.92. The van der Waals surface area contributed by atoms with Crippen LogP contribution in [0.2, 0.25) is 0 Å². The molecule has 2 aliphatic rings. The van der Waals surface area contributed by atoms with Gasteiger partial charge in [0.25, 0.3) is 0 Å². The zero-order valence-corrected chi connectivity index (χ0v) is 9.88. The van der Waals surface area contributed by atoms with Gasteiger partial charge in [-0.15, -0.1) is 11.8 Å². The highest BCUT2D eigenvalue weighted by Gasteiger charge is 2.53. The van der Waals surface area contributed by atoms with Gasteiger partial charge in [0.05, 0.1) is 9.62 Å².